The second kappa shape index (κ2) is 6.18. The van der Waals surface area contributed by atoms with Crippen molar-refractivity contribution in [1.29, 1.82) is 0 Å². The van der Waals surface area contributed by atoms with Crippen LogP contribution in [0.4, 0.5) is 10.1 Å². The lowest BCUT2D eigenvalue weighted by Gasteiger charge is -2.11. The van der Waals surface area contributed by atoms with E-state index in [1.54, 1.807) is 12.1 Å². The van der Waals surface area contributed by atoms with E-state index in [-0.39, 0.29) is 5.69 Å². The Kier molecular flexibility index (Phi) is 4.08. The molecule has 0 spiro atoms. The van der Waals surface area contributed by atoms with Crippen molar-refractivity contribution in [2.75, 3.05) is 19.4 Å². The Hall–Kier alpha value is -2.73. The highest BCUT2D eigenvalue weighted by Crippen LogP contribution is 2.18. The molecule has 1 N–H and O–H groups in total. The van der Waals surface area contributed by atoms with E-state index in [2.05, 4.69) is 10.3 Å². The number of fused-ring (bicyclic) bond motifs is 1. The van der Waals surface area contributed by atoms with E-state index in [4.69, 9.17) is 0 Å². The maximum atomic E-state index is 13.7. The van der Waals surface area contributed by atoms with E-state index < -0.39 is 11.7 Å². The van der Waals surface area contributed by atoms with Crippen LogP contribution in [0, 0.1) is 5.82 Å². The molecule has 0 unspecified atom stereocenters. The second-order valence-corrected chi connectivity index (χ2v) is 5.51. The van der Waals surface area contributed by atoms with Gasteiger partial charge in [-0.15, -0.1) is 0 Å². The number of imidazole rings is 1. The lowest BCUT2D eigenvalue weighted by atomic mass is 10.2. The number of nitrogens with zero attached hydrogens (tertiary/aromatic N) is 3. The minimum atomic E-state index is -0.473. The molecule has 2 heterocycles. The molecule has 2 aromatic heterocycles. The molecule has 118 valence electrons. The summed E-state index contributed by atoms with van der Waals surface area (Å²) in [5, 5.41) is 2.59. The fourth-order valence-electron chi connectivity index (χ4n) is 2.42. The first-order chi connectivity index (χ1) is 11.1. The first-order valence-electron chi connectivity index (χ1n) is 7.23. The number of pyridine rings is 1. The van der Waals surface area contributed by atoms with E-state index in [0.29, 0.717) is 17.9 Å². The van der Waals surface area contributed by atoms with Gasteiger partial charge < -0.3 is 14.6 Å². The zero-order valence-corrected chi connectivity index (χ0v) is 13.0. The van der Waals surface area contributed by atoms with Crippen LogP contribution in [-0.4, -0.2) is 34.3 Å². The van der Waals surface area contributed by atoms with Crippen LogP contribution in [0.3, 0.4) is 0 Å². The van der Waals surface area contributed by atoms with Crippen LogP contribution in [0.2, 0.25) is 0 Å². The minimum absolute atomic E-state index is 0.144. The highest BCUT2D eigenvalue weighted by molar-refractivity contribution is 6.04. The van der Waals surface area contributed by atoms with Crippen LogP contribution in [0.1, 0.15) is 16.2 Å². The van der Waals surface area contributed by atoms with Crippen molar-refractivity contribution < 1.29 is 9.18 Å². The summed E-state index contributed by atoms with van der Waals surface area (Å²) in [7, 11) is 3.84. The Balaban J connectivity index is 2.01. The van der Waals surface area contributed by atoms with Gasteiger partial charge in [-0.05, 0) is 38.4 Å². The fraction of sp³-hybridized carbons (Fsp3) is 0.176. The number of rotatable bonds is 4. The molecule has 0 atom stereocenters. The summed E-state index contributed by atoms with van der Waals surface area (Å²) in [5.41, 5.74) is 1.89. The van der Waals surface area contributed by atoms with E-state index in [0.717, 1.165) is 5.69 Å². The number of aromatic nitrogens is 2. The van der Waals surface area contributed by atoms with Gasteiger partial charge in [-0.25, -0.2) is 9.37 Å². The van der Waals surface area contributed by atoms with Gasteiger partial charge in [0, 0.05) is 12.7 Å². The quantitative estimate of drug-likeness (QED) is 0.806. The molecular formula is C17H17FN4O. The maximum absolute atomic E-state index is 13.7. The lowest BCUT2D eigenvalue weighted by molar-refractivity contribution is 0.102. The molecule has 6 heteroatoms. The Morgan fingerprint density at radius 3 is 2.70 bits per heavy atom. The molecule has 23 heavy (non-hydrogen) atoms. The van der Waals surface area contributed by atoms with Gasteiger partial charge in [-0.2, -0.15) is 0 Å². The molecule has 5 nitrogen and oxygen atoms in total. The van der Waals surface area contributed by atoms with Crippen LogP contribution in [0.5, 0.6) is 0 Å². The Bertz CT molecular complexity index is 857. The van der Waals surface area contributed by atoms with Crippen molar-refractivity contribution in [2.45, 2.75) is 6.54 Å². The van der Waals surface area contributed by atoms with Gasteiger partial charge in [0.2, 0.25) is 0 Å². The van der Waals surface area contributed by atoms with Gasteiger partial charge in [0.05, 0.1) is 11.4 Å². The number of halogens is 1. The van der Waals surface area contributed by atoms with E-state index >= 15 is 0 Å². The lowest BCUT2D eigenvalue weighted by Crippen LogP contribution is -2.19. The Morgan fingerprint density at radius 1 is 1.22 bits per heavy atom. The van der Waals surface area contributed by atoms with Crippen LogP contribution >= 0.6 is 0 Å². The summed E-state index contributed by atoms with van der Waals surface area (Å²) < 4.78 is 15.6. The number of amides is 1. The smallest absolute Gasteiger partial charge is 0.276 e. The molecule has 0 saturated carbocycles. The summed E-state index contributed by atoms with van der Waals surface area (Å²) in [5.74, 6) is -0.894. The highest BCUT2D eigenvalue weighted by atomic mass is 19.1. The van der Waals surface area contributed by atoms with Crippen molar-refractivity contribution in [3.05, 3.63) is 65.9 Å². The number of carbonyl (C=O) groups is 1. The molecule has 0 fully saturated rings. The molecule has 3 aromatic rings. The second-order valence-electron chi connectivity index (χ2n) is 5.51. The maximum Gasteiger partial charge on any atom is 0.276 e. The van der Waals surface area contributed by atoms with Gasteiger partial charge in [0.25, 0.3) is 5.91 Å². The molecule has 1 aromatic carbocycles. The van der Waals surface area contributed by atoms with E-state index in [9.17, 15) is 9.18 Å². The fourth-order valence-corrected chi connectivity index (χ4v) is 2.42. The zero-order valence-electron chi connectivity index (χ0n) is 13.0. The monoisotopic (exact) mass is 312 g/mol. The van der Waals surface area contributed by atoms with E-state index in [1.807, 2.05) is 47.8 Å². The average Bonchev–Trinajstić information content (AvgIpc) is 2.88. The van der Waals surface area contributed by atoms with Crippen molar-refractivity contribution >= 4 is 17.2 Å². The number of nitrogens with one attached hydrogen (secondary N) is 1. The normalized spacial score (nSPS) is 11.1. The van der Waals surface area contributed by atoms with Gasteiger partial charge in [-0.1, -0.05) is 18.2 Å². The van der Waals surface area contributed by atoms with Crippen molar-refractivity contribution in [2.24, 2.45) is 0 Å². The first kappa shape index (κ1) is 15.2. The van der Waals surface area contributed by atoms with Gasteiger partial charge in [-0.3, -0.25) is 4.79 Å². The molecule has 0 aliphatic carbocycles. The molecule has 3 rings (SSSR count). The van der Waals surface area contributed by atoms with Crippen molar-refractivity contribution in [3.8, 4) is 0 Å². The van der Waals surface area contributed by atoms with Crippen LogP contribution < -0.4 is 5.32 Å². The first-order valence-corrected chi connectivity index (χ1v) is 7.23. The van der Waals surface area contributed by atoms with Crippen LogP contribution in [0.15, 0.2) is 48.7 Å². The number of hydrogen-bond acceptors (Lipinski definition) is 3. The Morgan fingerprint density at radius 2 is 1.96 bits per heavy atom. The Labute approximate surface area is 133 Å². The van der Waals surface area contributed by atoms with Crippen LogP contribution in [-0.2, 0) is 6.54 Å². The van der Waals surface area contributed by atoms with Gasteiger partial charge in [0.1, 0.15) is 11.5 Å². The molecule has 0 bridgehead atoms. The van der Waals surface area contributed by atoms with Gasteiger partial charge in [0.15, 0.2) is 5.69 Å². The van der Waals surface area contributed by atoms with E-state index in [1.165, 1.54) is 12.1 Å². The third kappa shape index (κ3) is 3.07. The predicted octanol–water partition coefficient (Wildman–Crippen LogP) is 2.79. The molecular weight excluding hydrogens is 295 g/mol. The largest absolute Gasteiger partial charge is 0.318 e. The summed E-state index contributed by atoms with van der Waals surface area (Å²) in [6.07, 6.45) is 1.86. The number of carbonyl (C=O) groups excluding carboxylic acids is 1. The number of anilines is 1. The number of para-hydroxylation sites is 1. The number of hydrogen-bond donors (Lipinski definition) is 1. The summed E-state index contributed by atoms with van der Waals surface area (Å²) >= 11 is 0. The molecule has 0 aliphatic rings. The third-order valence-corrected chi connectivity index (χ3v) is 3.43. The summed E-state index contributed by atoms with van der Waals surface area (Å²) in [4.78, 5) is 18.9. The van der Waals surface area contributed by atoms with Crippen molar-refractivity contribution in [3.63, 3.8) is 0 Å². The molecule has 0 radical (unpaired) electrons. The summed E-state index contributed by atoms with van der Waals surface area (Å²) in [6.45, 7) is 0.547. The topological polar surface area (TPSA) is 49.6 Å². The third-order valence-electron chi connectivity index (χ3n) is 3.43. The zero-order chi connectivity index (χ0) is 16.4. The molecule has 1 amide bonds. The van der Waals surface area contributed by atoms with Crippen molar-refractivity contribution in [1.82, 2.24) is 14.3 Å². The van der Waals surface area contributed by atoms with Gasteiger partial charge >= 0.3 is 0 Å². The SMILES string of the molecule is CN(C)Cc1c(C(=O)Nc2ccccc2F)nc2ccccn12. The minimum Gasteiger partial charge on any atom is -0.318 e. The molecule has 0 aliphatic heterocycles. The average molecular weight is 312 g/mol. The highest BCUT2D eigenvalue weighted by Gasteiger charge is 2.20. The summed E-state index contributed by atoms with van der Waals surface area (Å²) in [6, 6.07) is 11.6. The standard InChI is InChI=1S/C17H17FN4O/c1-21(2)11-14-16(20-15-9-5-6-10-22(14)15)17(23)19-13-8-4-3-7-12(13)18/h3-10H,11H2,1-2H3,(H,19,23). The predicted molar refractivity (Wildman–Crippen MR) is 86.9 cm³/mol. The van der Waals surface area contributed by atoms with Crippen LogP contribution in [0.25, 0.3) is 5.65 Å². The molecule has 0 saturated heterocycles. The number of benzene rings is 1.